The number of halogens is 1. The molecule has 9 nitrogen and oxygen atoms in total. The average molecular weight is 491 g/mol. The van der Waals surface area contributed by atoms with E-state index >= 15 is 0 Å². The molecular weight excluding hydrogens is 459 g/mol. The van der Waals surface area contributed by atoms with Crippen LogP contribution >= 0.6 is 0 Å². The average Bonchev–Trinajstić information content (AvgIpc) is 3.34. The highest BCUT2D eigenvalue weighted by Crippen LogP contribution is 2.29. The minimum Gasteiger partial charge on any atom is -0.479 e. The molecule has 5 heterocycles. The van der Waals surface area contributed by atoms with Gasteiger partial charge in [-0.25, -0.2) is 24.3 Å². The highest BCUT2D eigenvalue weighted by Gasteiger charge is 2.18. The highest BCUT2D eigenvalue weighted by molar-refractivity contribution is 5.84. The number of hydrogen-bond donors (Lipinski definition) is 0. The monoisotopic (exact) mass is 490 g/mol. The Morgan fingerprint density at radius 3 is 2.53 bits per heavy atom. The molecule has 0 amide bonds. The van der Waals surface area contributed by atoms with Crippen molar-refractivity contribution < 1.29 is 9.13 Å². The van der Waals surface area contributed by atoms with Crippen molar-refractivity contribution in [2.45, 2.75) is 26.3 Å². The van der Waals surface area contributed by atoms with E-state index in [0.717, 1.165) is 54.3 Å². The van der Waals surface area contributed by atoms with Crippen LogP contribution in [-0.4, -0.2) is 80.9 Å². The summed E-state index contributed by atoms with van der Waals surface area (Å²) in [5.74, 6) is 1.15. The third-order valence-corrected chi connectivity index (χ3v) is 6.53. The van der Waals surface area contributed by atoms with Crippen LogP contribution in [0.3, 0.4) is 0 Å². The van der Waals surface area contributed by atoms with Gasteiger partial charge in [-0.05, 0) is 38.1 Å². The number of hydrogen-bond acceptors (Lipinski definition) is 8. The number of anilines is 1. The SMILES string of the molecule is COc1nc(-c2ccnc(Cc3ccc(N4CCN(CCF)CC4)cn3)n2)cc2c1ncn2C(C)C. The summed E-state index contributed by atoms with van der Waals surface area (Å²) in [5, 5.41) is 0. The molecule has 4 aromatic heterocycles. The second-order valence-corrected chi connectivity index (χ2v) is 9.19. The molecule has 188 valence electrons. The zero-order valence-electron chi connectivity index (χ0n) is 20.9. The lowest BCUT2D eigenvalue weighted by Crippen LogP contribution is -2.47. The Morgan fingerprint density at radius 2 is 1.83 bits per heavy atom. The maximum atomic E-state index is 12.6. The second-order valence-electron chi connectivity index (χ2n) is 9.19. The van der Waals surface area contributed by atoms with Gasteiger partial charge in [0.25, 0.3) is 0 Å². The smallest absolute Gasteiger partial charge is 0.242 e. The van der Waals surface area contributed by atoms with Crippen LogP contribution < -0.4 is 9.64 Å². The van der Waals surface area contributed by atoms with E-state index in [9.17, 15) is 4.39 Å². The van der Waals surface area contributed by atoms with E-state index in [-0.39, 0.29) is 12.7 Å². The van der Waals surface area contributed by atoms with Crippen molar-refractivity contribution in [3.63, 3.8) is 0 Å². The lowest BCUT2D eigenvalue weighted by atomic mass is 10.2. The van der Waals surface area contributed by atoms with E-state index in [1.54, 1.807) is 13.3 Å². The number of methoxy groups -OCH3 is 1. The Bertz CT molecular complexity index is 1320. The van der Waals surface area contributed by atoms with Crippen molar-refractivity contribution in [1.82, 2.24) is 34.4 Å². The van der Waals surface area contributed by atoms with Gasteiger partial charge in [0.2, 0.25) is 5.88 Å². The molecule has 1 aliphatic heterocycles. The molecule has 0 radical (unpaired) electrons. The molecule has 0 aromatic carbocycles. The van der Waals surface area contributed by atoms with Gasteiger partial charge in [-0.3, -0.25) is 9.88 Å². The van der Waals surface area contributed by atoms with Crippen LogP contribution in [0.25, 0.3) is 22.4 Å². The molecule has 0 saturated carbocycles. The number of piperazine rings is 1. The maximum Gasteiger partial charge on any atom is 0.242 e. The summed E-state index contributed by atoms with van der Waals surface area (Å²) in [6.45, 7) is 7.94. The lowest BCUT2D eigenvalue weighted by molar-refractivity contribution is 0.235. The first-order chi connectivity index (χ1) is 17.6. The first-order valence-electron chi connectivity index (χ1n) is 12.3. The van der Waals surface area contributed by atoms with E-state index in [2.05, 4.69) is 54.2 Å². The van der Waals surface area contributed by atoms with Crippen LogP contribution in [0.2, 0.25) is 0 Å². The summed E-state index contributed by atoms with van der Waals surface area (Å²) in [6.07, 6.45) is 5.98. The molecule has 0 unspecified atom stereocenters. The molecule has 0 aliphatic carbocycles. The largest absolute Gasteiger partial charge is 0.479 e. The molecule has 36 heavy (non-hydrogen) atoms. The fraction of sp³-hybridized carbons (Fsp3) is 0.423. The van der Waals surface area contributed by atoms with Gasteiger partial charge in [0.15, 0.2) is 5.52 Å². The summed E-state index contributed by atoms with van der Waals surface area (Å²) in [4.78, 5) is 27.5. The third-order valence-electron chi connectivity index (χ3n) is 6.53. The predicted octanol–water partition coefficient (Wildman–Crippen LogP) is 3.56. The van der Waals surface area contributed by atoms with Gasteiger partial charge in [0, 0.05) is 50.7 Å². The Balaban J connectivity index is 1.33. The number of pyridine rings is 2. The molecule has 1 saturated heterocycles. The molecule has 0 atom stereocenters. The molecule has 1 fully saturated rings. The van der Waals surface area contributed by atoms with Crippen LogP contribution in [0.4, 0.5) is 10.1 Å². The topological polar surface area (TPSA) is 85.1 Å². The Kier molecular flexibility index (Phi) is 7.04. The Morgan fingerprint density at radius 1 is 1.00 bits per heavy atom. The van der Waals surface area contributed by atoms with Crippen molar-refractivity contribution in [3.8, 4) is 17.3 Å². The summed E-state index contributed by atoms with van der Waals surface area (Å²) in [5.41, 5.74) is 5.10. The molecule has 1 aliphatic rings. The van der Waals surface area contributed by atoms with Crippen LogP contribution in [0.5, 0.6) is 5.88 Å². The van der Waals surface area contributed by atoms with E-state index in [0.29, 0.717) is 30.4 Å². The highest BCUT2D eigenvalue weighted by atomic mass is 19.1. The van der Waals surface area contributed by atoms with Gasteiger partial charge in [-0.1, -0.05) is 0 Å². The van der Waals surface area contributed by atoms with Crippen molar-refractivity contribution in [2.75, 3.05) is 51.4 Å². The van der Waals surface area contributed by atoms with Crippen molar-refractivity contribution in [1.29, 1.82) is 0 Å². The Hall–Kier alpha value is -3.66. The first kappa shape index (κ1) is 24.1. The molecule has 5 rings (SSSR count). The van der Waals surface area contributed by atoms with Crippen LogP contribution in [0.1, 0.15) is 31.4 Å². The van der Waals surface area contributed by atoms with Crippen LogP contribution in [-0.2, 0) is 6.42 Å². The number of rotatable bonds is 8. The number of nitrogens with zero attached hydrogens (tertiary/aromatic N) is 8. The van der Waals surface area contributed by atoms with Crippen molar-refractivity contribution in [3.05, 3.63) is 54.5 Å². The van der Waals surface area contributed by atoms with Gasteiger partial charge >= 0.3 is 0 Å². The quantitative estimate of drug-likeness (QED) is 0.371. The zero-order valence-corrected chi connectivity index (χ0v) is 20.9. The fourth-order valence-electron chi connectivity index (χ4n) is 4.53. The predicted molar refractivity (Wildman–Crippen MR) is 137 cm³/mol. The summed E-state index contributed by atoms with van der Waals surface area (Å²) >= 11 is 0. The van der Waals surface area contributed by atoms with Gasteiger partial charge in [0.05, 0.1) is 48.6 Å². The fourth-order valence-corrected chi connectivity index (χ4v) is 4.53. The molecule has 10 heteroatoms. The molecule has 0 spiro atoms. The minimum absolute atomic E-state index is 0.254. The number of alkyl halides is 1. The molecule has 4 aromatic rings. The summed E-state index contributed by atoms with van der Waals surface area (Å²) < 4.78 is 20.2. The minimum atomic E-state index is -0.291. The number of fused-ring (bicyclic) bond motifs is 1. The standard InChI is InChI=1S/C26H31FN8O/c1-18(2)35-17-30-25-23(35)15-22(32-26(25)36-3)21-6-8-28-24(31-21)14-19-4-5-20(16-29-19)34-12-10-33(9-7-27)11-13-34/h4-6,8,15-18H,7,9-14H2,1-3H3. The second kappa shape index (κ2) is 10.5. The van der Waals surface area contributed by atoms with E-state index in [1.165, 1.54) is 0 Å². The van der Waals surface area contributed by atoms with Crippen molar-refractivity contribution >= 4 is 16.7 Å². The number of imidazole rings is 1. The summed E-state index contributed by atoms with van der Waals surface area (Å²) in [7, 11) is 1.60. The lowest BCUT2D eigenvalue weighted by Gasteiger charge is -2.35. The number of ether oxygens (including phenoxy) is 1. The Labute approximate surface area is 210 Å². The van der Waals surface area contributed by atoms with Gasteiger partial charge in [0.1, 0.15) is 12.5 Å². The summed E-state index contributed by atoms with van der Waals surface area (Å²) in [6, 6.07) is 8.21. The number of aromatic nitrogens is 6. The van der Waals surface area contributed by atoms with E-state index in [4.69, 9.17) is 9.72 Å². The van der Waals surface area contributed by atoms with E-state index in [1.807, 2.05) is 30.7 Å². The molecular formula is C26H31FN8O. The van der Waals surface area contributed by atoms with E-state index < -0.39 is 0 Å². The van der Waals surface area contributed by atoms with Crippen LogP contribution in [0, 0.1) is 0 Å². The normalized spacial score (nSPS) is 14.6. The first-order valence-corrected chi connectivity index (χ1v) is 12.3. The van der Waals surface area contributed by atoms with Crippen LogP contribution in [0.15, 0.2) is 43.0 Å². The van der Waals surface area contributed by atoms with Gasteiger partial charge < -0.3 is 14.2 Å². The molecule has 0 bridgehead atoms. The maximum absolute atomic E-state index is 12.6. The third kappa shape index (κ3) is 4.99. The van der Waals surface area contributed by atoms with Gasteiger partial charge in [-0.15, -0.1) is 0 Å². The van der Waals surface area contributed by atoms with Gasteiger partial charge in [-0.2, -0.15) is 0 Å². The zero-order chi connectivity index (χ0) is 25.1. The molecule has 0 N–H and O–H groups in total. The van der Waals surface area contributed by atoms with Crippen molar-refractivity contribution in [2.24, 2.45) is 0 Å².